The number of nitrogens with zero attached hydrogens (tertiary/aromatic N) is 4. The van der Waals surface area contributed by atoms with E-state index < -0.39 is 11.4 Å². The molecule has 0 bridgehead atoms. The zero-order chi connectivity index (χ0) is 24.6. The Labute approximate surface area is 201 Å². The summed E-state index contributed by atoms with van der Waals surface area (Å²) in [7, 11) is 2.03. The van der Waals surface area contributed by atoms with Gasteiger partial charge in [-0.25, -0.2) is 13.8 Å². The second-order valence-electron chi connectivity index (χ2n) is 8.93. The van der Waals surface area contributed by atoms with Crippen LogP contribution in [0.2, 0.25) is 0 Å². The predicted molar refractivity (Wildman–Crippen MR) is 126 cm³/mol. The van der Waals surface area contributed by atoms with Gasteiger partial charge in [0.05, 0.1) is 11.2 Å². The third-order valence-corrected chi connectivity index (χ3v) is 6.84. The summed E-state index contributed by atoms with van der Waals surface area (Å²) in [6, 6.07) is 15.8. The van der Waals surface area contributed by atoms with Crippen LogP contribution in [-0.4, -0.2) is 44.3 Å². The molecular formula is C26H25F2N5O2. The highest BCUT2D eigenvalue weighted by molar-refractivity contribution is 5.35. The van der Waals surface area contributed by atoms with Crippen LogP contribution in [0, 0.1) is 11.6 Å². The molecule has 3 atom stereocenters. The molecule has 0 saturated carbocycles. The molecule has 0 radical (unpaired) electrons. The van der Waals surface area contributed by atoms with Crippen molar-refractivity contribution >= 4 is 0 Å². The van der Waals surface area contributed by atoms with Gasteiger partial charge in [0.2, 0.25) is 0 Å². The molecule has 5 rings (SSSR count). The van der Waals surface area contributed by atoms with Gasteiger partial charge in [-0.05, 0) is 56.3 Å². The lowest BCUT2D eigenvalue weighted by molar-refractivity contribution is 0.0735. The van der Waals surface area contributed by atoms with Crippen molar-refractivity contribution < 1.29 is 13.5 Å². The zero-order valence-electron chi connectivity index (χ0n) is 19.4. The molecule has 2 aromatic heterocycles. The Balaban J connectivity index is 1.66. The maximum atomic E-state index is 14.2. The first kappa shape index (κ1) is 22.9. The number of aromatic amines is 1. The number of H-pyrrole nitrogens is 1. The van der Waals surface area contributed by atoms with Crippen LogP contribution in [0.15, 0.2) is 77.9 Å². The molecule has 0 spiro atoms. The molecule has 0 amide bonds. The molecule has 4 aromatic rings. The van der Waals surface area contributed by atoms with Gasteiger partial charge in [0, 0.05) is 37.0 Å². The van der Waals surface area contributed by atoms with Crippen LogP contribution in [0.25, 0.3) is 0 Å². The summed E-state index contributed by atoms with van der Waals surface area (Å²) >= 11 is 0. The number of rotatable bonds is 5. The van der Waals surface area contributed by atoms with E-state index in [1.54, 1.807) is 47.4 Å². The van der Waals surface area contributed by atoms with Crippen LogP contribution in [-0.2, 0) is 5.54 Å². The van der Waals surface area contributed by atoms with Crippen LogP contribution in [0.4, 0.5) is 8.78 Å². The molecule has 2 aromatic carbocycles. The van der Waals surface area contributed by atoms with Crippen molar-refractivity contribution in [3.8, 4) is 11.8 Å². The molecular weight excluding hydrogens is 452 g/mol. The molecule has 1 fully saturated rings. The van der Waals surface area contributed by atoms with Gasteiger partial charge in [-0.2, -0.15) is 4.98 Å². The number of nitrogens with one attached hydrogen (secondary N) is 1. The number of ether oxygens (including phenoxy) is 1. The van der Waals surface area contributed by atoms with Crippen molar-refractivity contribution in [1.29, 1.82) is 0 Å². The summed E-state index contributed by atoms with van der Waals surface area (Å²) < 4.78 is 35.5. The molecule has 1 aliphatic heterocycles. The van der Waals surface area contributed by atoms with E-state index in [4.69, 9.17) is 4.74 Å². The largest absolute Gasteiger partial charge is 0.421 e. The van der Waals surface area contributed by atoms with Crippen molar-refractivity contribution in [2.75, 3.05) is 13.6 Å². The summed E-state index contributed by atoms with van der Waals surface area (Å²) in [6.45, 7) is 2.71. The first-order valence-electron chi connectivity index (χ1n) is 11.4. The maximum absolute atomic E-state index is 14.2. The quantitative estimate of drug-likeness (QED) is 0.464. The van der Waals surface area contributed by atoms with Gasteiger partial charge >= 0.3 is 6.01 Å². The third kappa shape index (κ3) is 4.23. The van der Waals surface area contributed by atoms with Crippen molar-refractivity contribution in [3.63, 3.8) is 0 Å². The van der Waals surface area contributed by atoms with Crippen molar-refractivity contribution in [3.05, 3.63) is 106 Å². The third-order valence-electron chi connectivity index (χ3n) is 6.84. The second kappa shape index (κ2) is 9.07. The Hall–Kier alpha value is -3.85. The topological polar surface area (TPSA) is 76.0 Å². The minimum Gasteiger partial charge on any atom is -0.421 e. The Morgan fingerprint density at radius 1 is 1.09 bits per heavy atom. The summed E-state index contributed by atoms with van der Waals surface area (Å²) in [5.74, 6) is -1.11. The van der Waals surface area contributed by atoms with Gasteiger partial charge in [0.25, 0.3) is 5.56 Å². The summed E-state index contributed by atoms with van der Waals surface area (Å²) in [6.07, 6.45) is 3.91. The van der Waals surface area contributed by atoms with E-state index in [0.717, 1.165) is 5.56 Å². The predicted octanol–water partition coefficient (Wildman–Crippen LogP) is 4.29. The molecule has 9 heteroatoms. The first-order valence-corrected chi connectivity index (χ1v) is 11.4. The molecule has 3 heterocycles. The average molecular weight is 478 g/mol. The monoisotopic (exact) mass is 477 g/mol. The second-order valence-corrected chi connectivity index (χ2v) is 8.93. The number of para-hydroxylation sites is 1. The van der Waals surface area contributed by atoms with E-state index in [1.807, 2.05) is 7.05 Å². The fourth-order valence-corrected chi connectivity index (χ4v) is 4.96. The van der Waals surface area contributed by atoms with E-state index in [0.29, 0.717) is 18.7 Å². The number of hydrogen-bond donors (Lipinski definition) is 1. The van der Waals surface area contributed by atoms with Gasteiger partial charge in [-0.1, -0.05) is 24.3 Å². The summed E-state index contributed by atoms with van der Waals surface area (Å²) in [5.41, 5.74) is 0.490. The normalized spacial score (nSPS) is 22.7. The van der Waals surface area contributed by atoms with Crippen LogP contribution < -0.4 is 10.3 Å². The molecule has 1 saturated heterocycles. The van der Waals surface area contributed by atoms with Gasteiger partial charge in [-0.15, -0.1) is 0 Å². The van der Waals surface area contributed by atoms with Crippen LogP contribution >= 0.6 is 0 Å². The molecule has 180 valence electrons. The molecule has 0 aliphatic carbocycles. The van der Waals surface area contributed by atoms with Crippen molar-refractivity contribution in [2.45, 2.75) is 30.8 Å². The average Bonchev–Trinajstić information content (AvgIpc) is 3.29. The van der Waals surface area contributed by atoms with E-state index in [-0.39, 0.29) is 35.1 Å². The summed E-state index contributed by atoms with van der Waals surface area (Å²) in [4.78, 5) is 23.3. The minimum absolute atomic E-state index is 0.0166. The first-order chi connectivity index (χ1) is 16.9. The van der Waals surface area contributed by atoms with E-state index >= 15 is 0 Å². The van der Waals surface area contributed by atoms with E-state index in [9.17, 15) is 13.6 Å². The minimum atomic E-state index is -0.772. The Kier molecular flexibility index (Phi) is 5.94. The SMILES string of the molecule is CC1CC(c2ccc(F)cc2)(n2ccc(=O)[nH]2)C(c2ccnc(Oc3ccccc3F)n2)CN1C. The van der Waals surface area contributed by atoms with Gasteiger partial charge in [0.15, 0.2) is 11.6 Å². The van der Waals surface area contributed by atoms with Crippen molar-refractivity contribution in [1.82, 2.24) is 24.6 Å². The number of aromatic nitrogens is 4. The highest BCUT2D eigenvalue weighted by Crippen LogP contribution is 2.47. The van der Waals surface area contributed by atoms with E-state index in [1.165, 1.54) is 30.3 Å². The van der Waals surface area contributed by atoms with Crippen LogP contribution in [0.3, 0.4) is 0 Å². The number of benzene rings is 2. The van der Waals surface area contributed by atoms with Crippen molar-refractivity contribution in [2.24, 2.45) is 0 Å². The van der Waals surface area contributed by atoms with Gasteiger partial charge in [0.1, 0.15) is 5.82 Å². The highest BCUT2D eigenvalue weighted by atomic mass is 19.1. The molecule has 1 N–H and O–H groups in total. The number of halogens is 2. The smallest absolute Gasteiger partial charge is 0.322 e. The van der Waals surface area contributed by atoms with Gasteiger partial charge in [-0.3, -0.25) is 14.6 Å². The Morgan fingerprint density at radius 3 is 2.57 bits per heavy atom. The number of likely N-dealkylation sites (N-methyl/N-ethyl adjacent to an activating group) is 1. The standard InChI is InChI=1S/C26H25F2N5O2/c1-17-15-26(33-14-12-24(34)31-33,18-7-9-19(27)10-8-18)20(16-32(17)2)22-11-13-29-25(30-22)35-23-6-4-3-5-21(23)28/h3-14,17,20H,15-16H2,1-2H3,(H,31,34). The molecule has 35 heavy (non-hydrogen) atoms. The van der Waals surface area contributed by atoms with Gasteiger partial charge < -0.3 is 9.64 Å². The fourth-order valence-electron chi connectivity index (χ4n) is 4.96. The fraction of sp³-hybridized carbons (Fsp3) is 0.269. The van der Waals surface area contributed by atoms with Crippen LogP contribution in [0.1, 0.15) is 30.5 Å². The van der Waals surface area contributed by atoms with E-state index in [2.05, 4.69) is 26.9 Å². The number of piperidine rings is 1. The lowest BCUT2D eigenvalue weighted by Gasteiger charge is -2.50. The highest BCUT2D eigenvalue weighted by Gasteiger charge is 2.49. The Bertz CT molecular complexity index is 1390. The maximum Gasteiger partial charge on any atom is 0.322 e. The summed E-state index contributed by atoms with van der Waals surface area (Å²) in [5, 5.41) is 2.92. The van der Waals surface area contributed by atoms with Crippen LogP contribution in [0.5, 0.6) is 11.8 Å². The zero-order valence-corrected chi connectivity index (χ0v) is 19.4. The lowest BCUT2D eigenvalue weighted by Crippen LogP contribution is -2.55. The Morgan fingerprint density at radius 2 is 1.86 bits per heavy atom. The lowest BCUT2D eigenvalue weighted by atomic mass is 9.69. The number of likely N-dealkylation sites (tertiary alicyclic amines) is 1. The molecule has 1 aliphatic rings. The number of hydrogen-bond acceptors (Lipinski definition) is 5. The molecule has 3 unspecified atom stereocenters. The molecule has 7 nitrogen and oxygen atoms in total.